The topological polar surface area (TPSA) is 31.4 Å². The molecule has 0 saturated heterocycles. The van der Waals surface area contributed by atoms with Gasteiger partial charge in [0.2, 0.25) is 0 Å². The van der Waals surface area contributed by atoms with E-state index in [0.29, 0.717) is 47.0 Å². The van der Waals surface area contributed by atoms with E-state index in [1.807, 2.05) is 12.1 Å². The predicted octanol–water partition coefficient (Wildman–Crippen LogP) is 4.47. The molecule has 0 aliphatic heterocycles. The molecule has 0 fully saturated rings. The highest BCUT2D eigenvalue weighted by Crippen LogP contribution is 2.35. The standard InChI is InChI=1S/C13H12Cl2INO2S/c14-9-7-10(16)13(19-4-3-18-5-6-20)12-8(9)1-2-11(15)17-12/h1-2,7,20H,3-6H2. The number of benzene rings is 1. The summed E-state index contributed by atoms with van der Waals surface area (Å²) in [6, 6.07) is 5.40. The summed E-state index contributed by atoms with van der Waals surface area (Å²) in [7, 11) is 0. The third-order valence-electron chi connectivity index (χ3n) is 2.51. The summed E-state index contributed by atoms with van der Waals surface area (Å²) in [6.45, 7) is 1.55. The third-order valence-corrected chi connectivity index (χ3v) is 4.02. The van der Waals surface area contributed by atoms with Gasteiger partial charge >= 0.3 is 0 Å². The van der Waals surface area contributed by atoms with Crippen molar-refractivity contribution >= 4 is 69.3 Å². The summed E-state index contributed by atoms with van der Waals surface area (Å²) in [5.74, 6) is 1.38. The van der Waals surface area contributed by atoms with Crippen molar-refractivity contribution in [3.63, 3.8) is 0 Å². The van der Waals surface area contributed by atoms with Gasteiger partial charge in [0.15, 0.2) is 5.75 Å². The Morgan fingerprint density at radius 2 is 2.00 bits per heavy atom. The Balaban J connectivity index is 2.25. The number of ether oxygens (including phenoxy) is 2. The van der Waals surface area contributed by atoms with Crippen LogP contribution in [0.1, 0.15) is 0 Å². The van der Waals surface area contributed by atoms with Crippen LogP contribution in [0.2, 0.25) is 10.2 Å². The summed E-state index contributed by atoms with van der Waals surface area (Å²) in [5, 5.41) is 1.86. The first-order chi connectivity index (χ1) is 9.63. The predicted molar refractivity (Wildman–Crippen MR) is 94.6 cm³/mol. The van der Waals surface area contributed by atoms with Crippen molar-refractivity contribution in [2.24, 2.45) is 0 Å². The van der Waals surface area contributed by atoms with E-state index in [2.05, 4.69) is 40.2 Å². The van der Waals surface area contributed by atoms with Crippen molar-refractivity contribution in [1.82, 2.24) is 4.98 Å². The molecule has 7 heteroatoms. The molecule has 0 unspecified atom stereocenters. The molecule has 20 heavy (non-hydrogen) atoms. The number of fused-ring (bicyclic) bond motifs is 1. The highest BCUT2D eigenvalue weighted by molar-refractivity contribution is 14.1. The Kier molecular flexibility index (Phi) is 6.48. The molecular weight excluding hydrogens is 432 g/mol. The van der Waals surface area contributed by atoms with Gasteiger partial charge in [-0.1, -0.05) is 23.2 Å². The van der Waals surface area contributed by atoms with E-state index in [1.54, 1.807) is 6.07 Å². The fourth-order valence-corrected chi connectivity index (χ4v) is 3.12. The first-order valence-corrected chi connectivity index (χ1v) is 8.36. The van der Waals surface area contributed by atoms with Crippen LogP contribution in [0.5, 0.6) is 5.75 Å². The van der Waals surface area contributed by atoms with E-state index < -0.39 is 0 Å². The lowest BCUT2D eigenvalue weighted by molar-refractivity contribution is 0.112. The molecule has 0 radical (unpaired) electrons. The fourth-order valence-electron chi connectivity index (χ4n) is 1.68. The van der Waals surface area contributed by atoms with Crippen LogP contribution in [0.4, 0.5) is 0 Å². The van der Waals surface area contributed by atoms with Crippen LogP contribution < -0.4 is 4.74 Å². The lowest BCUT2D eigenvalue weighted by Gasteiger charge is -2.12. The van der Waals surface area contributed by atoms with Gasteiger partial charge in [-0.25, -0.2) is 4.98 Å². The van der Waals surface area contributed by atoms with Gasteiger partial charge in [-0.05, 0) is 40.8 Å². The Hall–Kier alpha value is 0.0500. The van der Waals surface area contributed by atoms with Gasteiger partial charge in [-0.2, -0.15) is 12.6 Å². The highest BCUT2D eigenvalue weighted by atomic mass is 127. The second-order valence-corrected chi connectivity index (χ2v) is 6.29. The van der Waals surface area contributed by atoms with Gasteiger partial charge in [-0.3, -0.25) is 0 Å². The normalized spacial score (nSPS) is 11.0. The summed E-state index contributed by atoms with van der Waals surface area (Å²) < 4.78 is 12.0. The Morgan fingerprint density at radius 3 is 2.75 bits per heavy atom. The second kappa shape index (κ2) is 7.89. The Bertz CT molecular complexity index is 612. The van der Waals surface area contributed by atoms with E-state index in [-0.39, 0.29) is 0 Å². The summed E-state index contributed by atoms with van der Waals surface area (Å²) in [5.41, 5.74) is 0.670. The van der Waals surface area contributed by atoms with Gasteiger partial charge in [0, 0.05) is 11.1 Å². The molecule has 0 aliphatic carbocycles. The number of hydrogen-bond donors (Lipinski definition) is 1. The monoisotopic (exact) mass is 443 g/mol. The summed E-state index contributed by atoms with van der Waals surface area (Å²) in [4.78, 5) is 4.31. The Morgan fingerprint density at radius 1 is 1.20 bits per heavy atom. The molecule has 0 N–H and O–H groups in total. The molecule has 0 bridgehead atoms. The molecule has 0 saturated carbocycles. The SMILES string of the molecule is SCCOCCOc1c(I)cc(Cl)c2ccc(Cl)nc12. The zero-order chi connectivity index (χ0) is 14.5. The number of rotatable bonds is 6. The fraction of sp³-hybridized carbons (Fsp3) is 0.308. The largest absolute Gasteiger partial charge is 0.488 e. The maximum absolute atomic E-state index is 6.21. The van der Waals surface area contributed by atoms with Crippen molar-refractivity contribution < 1.29 is 9.47 Å². The van der Waals surface area contributed by atoms with Crippen LogP contribution in [0.25, 0.3) is 10.9 Å². The quantitative estimate of drug-likeness (QED) is 0.309. The lowest BCUT2D eigenvalue weighted by atomic mass is 10.2. The molecule has 2 rings (SSSR count). The lowest BCUT2D eigenvalue weighted by Crippen LogP contribution is -2.09. The average Bonchev–Trinajstić information content (AvgIpc) is 2.41. The molecular formula is C13H12Cl2INO2S. The van der Waals surface area contributed by atoms with Gasteiger partial charge < -0.3 is 9.47 Å². The Labute approximate surface area is 146 Å². The smallest absolute Gasteiger partial charge is 0.159 e. The van der Waals surface area contributed by atoms with Crippen molar-refractivity contribution in [1.29, 1.82) is 0 Å². The van der Waals surface area contributed by atoms with Crippen LogP contribution in [-0.4, -0.2) is 30.6 Å². The van der Waals surface area contributed by atoms with Crippen molar-refractivity contribution in [3.05, 3.63) is 31.9 Å². The average molecular weight is 444 g/mol. The summed E-state index contributed by atoms with van der Waals surface area (Å²) >= 11 is 18.4. The van der Waals surface area contributed by atoms with E-state index in [1.165, 1.54) is 0 Å². The maximum Gasteiger partial charge on any atom is 0.159 e. The highest BCUT2D eigenvalue weighted by Gasteiger charge is 2.13. The van der Waals surface area contributed by atoms with E-state index >= 15 is 0 Å². The van der Waals surface area contributed by atoms with E-state index in [0.717, 1.165) is 8.96 Å². The number of halogens is 3. The van der Waals surface area contributed by atoms with Gasteiger partial charge in [0.25, 0.3) is 0 Å². The zero-order valence-electron chi connectivity index (χ0n) is 10.4. The van der Waals surface area contributed by atoms with Crippen molar-refractivity contribution in [2.45, 2.75) is 0 Å². The molecule has 3 nitrogen and oxygen atoms in total. The van der Waals surface area contributed by atoms with E-state index in [9.17, 15) is 0 Å². The molecule has 0 atom stereocenters. The van der Waals surface area contributed by atoms with E-state index in [4.69, 9.17) is 32.7 Å². The minimum Gasteiger partial charge on any atom is -0.488 e. The van der Waals surface area contributed by atoms with Crippen LogP contribution in [-0.2, 0) is 4.74 Å². The van der Waals surface area contributed by atoms with Crippen LogP contribution in [0.3, 0.4) is 0 Å². The molecule has 1 heterocycles. The molecule has 1 aromatic heterocycles. The van der Waals surface area contributed by atoms with Crippen molar-refractivity contribution in [2.75, 3.05) is 25.6 Å². The molecule has 0 amide bonds. The van der Waals surface area contributed by atoms with Crippen LogP contribution in [0.15, 0.2) is 18.2 Å². The number of aromatic nitrogens is 1. The molecule has 1 aromatic carbocycles. The van der Waals surface area contributed by atoms with Gasteiger partial charge in [-0.15, -0.1) is 0 Å². The number of pyridine rings is 1. The number of thiol groups is 1. The number of nitrogens with zero attached hydrogens (tertiary/aromatic N) is 1. The minimum atomic E-state index is 0.409. The maximum atomic E-state index is 6.21. The van der Waals surface area contributed by atoms with Crippen LogP contribution >= 0.6 is 58.4 Å². The number of hydrogen-bond acceptors (Lipinski definition) is 4. The first-order valence-electron chi connectivity index (χ1n) is 5.89. The molecule has 108 valence electrons. The van der Waals surface area contributed by atoms with Crippen molar-refractivity contribution in [3.8, 4) is 5.75 Å². The van der Waals surface area contributed by atoms with Gasteiger partial charge in [0.05, 0.1) is 21.8 Å². The molecule has 0 spiro atoms. The third kappa shape index (κ3) is 4.04. The molecule has 0 aliphatic rings. The van der Waals surface area contributed by atoms with Crippen LogP contribution in [0, 0.1) is 3.57 Å². The summed E-state index contributed by atoms with van der Waals surface area (Å²) in [6.07, 6.45) is 0. The minimum absolute atomic E-state index is 0.409. The zero-order valence-corrected chi connectivity index (χ0v) is 15.0. The second-order valence-electron chi connectivity index (χ2n) is 3.88. The molecule has 2 aromatic rings. The first kappa shape index (κ1) is 16.4. The van der Waals surface area contributed by atoms with Gasteiger partial charge in [0.1, 0.15) is 17.3 Å².